The second-order valence-electron chi connectivity index (χ2n) is 4.30. The van der Waals surface area contributed by atoms with Gasteiger partial charge in [0.15, 0.2) is 0 Å². The summed E-state index contributed by atoms with van der Waals surface area (Å²) in [4.78, 5) is 11.6. The minimum Gasteiger partial charge on any atom is -0.392 e. The average molecular weight is 284 g/mol. The van der Waals surface area contributed by atoms with Crippen LogP contribution in [0.5, 0.6) is 0 Å². The Bertz CT molecular complexity index is 451. The van der Waals surface area contributed by atoms with Crippen molar-refractivity contribution in [1.82, 2.24) is 10.6 Å². The van der Waals surface area contributed by atoms with Gasteiger partial charge in [0.2, 0.25) is 0 Å². The van der Waals surface area contributed by atoms with Crippen LogP contribution >= 0.6 is 0 Å². The smallest absolute Gasteiger partial charge is 0.315 e. The van der Waals surface area contributed by atoms with Crippen molar-refractivity contribution in [2.45, 2.75) is 25.3 Å². The van der Waals surface area contributed by atoms with E-state index in [1.54, 1.807) is 6.26 Å². The number of urea groups is 1. The second-order valence-corrected chi connectivity index (χ2v) is 6.10. The maximum absolute atomic E-state index is 11.6. The number of benzene rings is 1. The van der Waals surface area contributed by atoms with E-state index in [4.69, 9.17) is 5.11 Å². The van der Waals surface area contributed by atoms with Crippen molar-refractivity contribution in [2.75, 3.05) is 12.8 Å². The number of aliphatic hydroxyl groups is 1. The highest BCUT2D eigenvalue weighted by Crippen LogP contribution is 2.07. The van der Waals surface area contributed by atoms with Gasteiger partial charge < -0.3 is 15.7 Å². The van der Waals surface area contributed by atoms with E-state index in [-0.39, 0.29) is 17.9 Å². The zero-order valence-electron chi connectivity index (χ0n) is 11.2. The second kappa shape index (κ2) is 7.91. The van der Waals surface area contributed by atoms with Gasteiger partial charge in [0.05, 0.1) is 6.61 Å². The van der Waals surface area contributed by atoms with Gasteiger partial charge in [-0.05, 0) is 18.1 Å². The third-order valence-electron chi connectivity index (χ3n) is 2.84. The molecule has 19 heavy (non-hydrogen) atoms. The molecular formula is C13H20N2O3S. The highest BCUT2D eigenvalue weighted by molar-refractivity contribution is 7.84. The molecule has 0 radical (unpaired) electrons. The van der Waals surface area contributed by atoms with Crippen molar-refractivity contribution in [1.29, 1.82) is 0 Å². The third-order valence-corrected chi connectivity index (χ3v) is 4.14. The topological polar surface area (TPSA) is 78.4 Å². The van der Waals surface area contributed by atoms with Crippen LogP contribution in [0.1, 0.15) is 18.1 Å². The number of hydrogen-bond donors (Lipinski definition) is 3. The lowest BCUT2D eigenvalue weighted by atomic mass is 10.1. The van der Waals surface area contributed by atoms with Gasteiger partial charge in [0.1, 0.15) is 0 Å². The number of hydrogen-bond acceptors (Lipinski definition) is 3. The van der Waals surface area contributed by atoms with Crippen molar-refractivity contribution in [2.24, 2.45) is 0 Å². The number of rotatable bonds is 6. The summed E-state index contributed by atoms with van der Waals surface area (Å²) in [6.07, 6.45) is 1.61. The van der Waals surface area contributed by atoms with E-state index in [0.29, 0.717) is 13.1 Å². The van der Waals surface area contributed by atoms with E-state index in [9.17, 15) is 9.00 Å². The molecule has 0 heterocycles. The lowest BCUT2D eigenvalue weighted by Crippen LogP contribution is -2.39. The Balaban J connectivity index is 2.40. The largest absolute Gasteiger partial charge is 0.392 e. The summed E-state index contributed by atoms with van der Waals surface area (Å²) < 4.78 is 11.1. The van der Waals surface area contributed by atoms with Crippen LogP contribution in [-0.4, -0.2) is 33.4 Å². The maximum atomic E-state index is 11.6. The summed E-state index contributed by atoms with van der Waals surface area (Å²) in [6, 6.07) is 7.07. The molecule has 2 unspecified atom stereocenters. The molecular weight excluding hydrogens is 264 g/mol. The predicted octanol–water partition coefficient (Wildman–Crippen LogP) is 0.745. The fourth-order valence-corrected chi connectivity index (χ4v) is 1.79. The number of aliphatic hydroxyl groups excluding tert-OH is 1. The van der Waals surface area contributed by atoms with Crippen LogP contribution in [-0.2, 0) is 24.0 Å². The normalized spacial score (nSPS) is 13.6. The molecule has 0 spiro atoms. The summed E-state index contributed by atoms with van der Waals surface area (Å²) in [5.74, 6) is 0. The monoisotopic (exact) mass is 284 g/mol. The van der Waals surface area contributed by atoms with Crippen molar-refractivity contribution < 1.29 is 14.1 Å². The molecule has 1 aromatic carbocycles. The summed E-state index contributed by atoms with van der Waals surface area (Å²) in [7, 11) is -0.947. The molecule has 2 atom stereocenters. The first-order valence-electron chi connectivity index (χ1n) is 6.06. The van der Waals surface area contributed by atoms with Gasteiger partial charge in [-0.2, -0.15) is 0 Å². The molecule has 0 aliphatic heterocycles. The van der Waals surface area contributed by atoms with Gasteiger partial charge in [-0.3, -0.25) is 4.21 Å². The zero-order chi connectivity index (χ0) is 14.3. The molecule has 0 bridgehead atoms. The lowest BCUT2D eigenvalue weighted by molar-refractivity contribution is 0.240. The van der Waals surface area contributed by atoms with E-state index in [2.05, 4.69) is 10.6 Å². The summed E-state index contributed by atoms with van der Waals surface area (Å²) in [5.41, 5.74) is 1.68. The SMILES string of the molecule is CC(CNC(=O)NCc1ccccc1CO)S(C)=O. The minimum atomic E-state index is -0.947. The van der Waals surface area contributed by atoms with E-state index >= 15 is 0 Å². The fourth-order valence-electron chi connectivity index (χ4n) is 1.48. The molecule has 2 amide bonds. The molecule has 0 aliphatic carbocycles. The van der Waals surface area contributed by atoms with Crippen LogP contribution < -0.4 is 10.6 Å². The third kappa shape index (κ3) is 5.40. The Kier molecular flexibility index (Phi) is 6.52. The first kappa shape index (κ1) is 15.7. The number of carbonyl (C=O) groups excluding carboxylic acids is 1. The van der Waals surface area contributed by atoms with Crippen LogP contribution in [0.25, 0.3) is 0 Å². The molecule has 0 aliphatic rings. The van der Waals surface area contributed by atoms with Gasteiger partial charge >= 0.3 is 6.03 Å². The van der Waals surface area contributed by atoms with Gasteiger partial charge in [0, 0.05) is 35.4 Å². The quantitative estimate of drug-likeness (QED) is 0.721. The minimum absolute atomic E-state index is 0.0503. The first-order valence-corrected chi connectivity index (χ1v) is 7.68. The standard InChI is InChI=1S/C13H20N2O3S/c1-10(19(2)18)7-14-13(17)15-8-11-5-3-4-6-12(11)9-16/h3-6,10,16H,7-9H2,1-2H3,(H2,14,15,17). The molecule has 0 saturated heterocycles. The van der Waals surface area contributed by atoms with E-state index in [0.717, 1.165) is 11.1 Å². The Morgan fingerprint density at radius 3 is 2.53 bits per heavy atom. The van der Waals surface area contributed by atoms with E-state index in [1.165, 1.54) is 0 Å². The molecule has 3 N–H and O–H groups in total. The Morgan fingerprint density at radius 2 is 1.95 bits per heavy atom. The molecule has 0 saturated carbocycles. The molecule has 0 aromatic heterocycles. The summed E-state index contributed by atoms with van der Waals surface area (Å²) in [5, 5.41) is 14.5. The van der Waals surface area contributed by atoms with Crippen LogP contribution in [0, 0.1) is 0 Å². The van der Waals surface area contributed by atoms with Gasteiger partial charge in [0.25, 0.3) is 0 Å². The molecule has 1 rings (SSSR count). The van der Waals surface area contributed by atoms with Crippen LogP contribution in [0.3, 0.4) is 0 Å². The Morgan fingerprint density at radius 1 is 1.32 bits per heavy atom. The van der Waals surface area contributed by atoms with Crippen LogP contribution in [0.2, 0.25) is 0 Å². The molecule has 1 aromatic rings. The average Bonchev–Trinajstić information content (AvgIpc) is 2.42. The lowest BCUT2D eigenvalue weighted by Gasteiger charge is -2.12. The zero-order valence-corrected chi connectivity index (χ0v) is 12.0. The van der Waals surface area contributed by atoms with Gasteiger partial charge in [-0.15, -0.1) is 0 Å². The Labute approximate surface area is 115 Å². The first-order chi connectivity index (χ1) is 9.04. The summed E-state index contributed by atoms with van der Waals surface area (Å²) in [6.45, 7) is 2.49. The highest BCUT2D eigenvalue weighted by atomic mass is 32.2. The van der Waals surface area contributed by atoms with Crippen molar-refractivity contribution in [3.8, 4) is 0 Å². The van der Waals surface area contributed by atoms with Crippen LogP contribution in [0.4, 0.5) is 4.79 Å². The Hall–Kier alpha value is -1.40. The number of carbonyl (C=O) groups is 1. The predicted molar refractivity (Wildman–Crippen MR) is 76.1 cm³/mol. The van der Waals surface area contributed by atoms with Gasteiger partial charge in [-0.25, -0.2) is 4.79 Å². The van der Waals surface area contributed by atoms with E-state index in [1.807, 2.05) is 31.2 Å². The number of nitrogens with one attached hydrogen (secondary N) is 2. The number of amides is 2. The van der Waals surface area contributed by atoms with Crippen molar-refractivity contribution in [3.63, 3.8) is 0 Å². The van der Waals surface area contributed by atoms with Crippen molar-refractivity contribution in [3.05, 3.63) is 35.4 Å². The fraction of sp³-hybridized carbons (Fsp3) is 0.462. The molecule has 106 valence electrons. The summed E-state index contributed by atoms with van der Waals surface area (Å²) >= 11 is 0. The molecule has 5 nitrogen and oxygen atoms in total. The van der Waals surface area contributed by atoms with Crippen LogP contribution in [0.15, 0.2) is 24.3 Å². The van der Waals surface area contributed by atoms with E-state index < -0.39 is 10.8 Å². The highest BCUT2D eigenvalue weighted by Gasteiger charge is 2.08. The molecule has 0 fully saturated rings. The molecule has 6 heteroatoms. The maximum Gasteiger partial charge on any atom is 0.315 e. The van der Waals surface area contributed by atoms with Gasteiger partial charge in [-0.1, -0.05) is 24.3 Å². The van der Waals surface area contributed by atoms with Crippen molar-refractivity contribution >= 4 is 16.8 Å².